The third kappa shape index (κ3) is 4.04. The number of hydrogen-bond acceptors (Lipinski definition) is 3. The first-order chi connectivity index (χ1) is 23.3. The van der Waals surface area contributed by atoms with Crippen molar-refractivity contribution in [3.05, 3.63) is 164 Å². The van der Waals surface area contributed by atoms with Crippen LogP contribution in [-0.4, -0.2) is 0 Å². The molecule has 0 fully saturated rings. The van der Waals surface area contributed by atoms with Gasteiger partial charge in [-0.2, -0.15) is 0 Å². The Morgan fingerprint density at radius 3 is 2.06 bits per heavy atom. The summed E-state index contributed by atoms with van der Waals surface area (Å²) in [7, 11) is 0. The number of furan rings is 1. The van der Waals surface area contributed by atoms with Crippen LogP contribution in [0.25, 0.3) is 74.8 Å². The zero-order chi connectivity index (χ0) is 30.9. The highest BCUT2D eigenvalue weighted by molar-refractivity contribution is 7.26. The summed E-state index contributed by atoms with van der Waals surface area (Å²) in [5.74, 6) is 0. The molecule has 0 atom stereocenters. The molecule has 0 N–H and O–H groups in total. The van der Waals surface area contributed by atoms with Crippen molar-refractivity contribution in [2.24, 2.45) is 0 Å². The lowest BCUT2D eigenvalue weighted by atomic mass is 9.98. The van der Waals surface area contributed by atoms with E-state index in [2.05, 4.69) is 169 Å². The number of fused-ring (bicyclic) bond motifs is 9. The third-order valence-corrected chi connectivity index (χ3v) is 10.7. The molecule has 10 aromatic rings. The average Bonchev–Trinajstić information content (AvgIpc) is 3.71. The molecule has 10 rings (SSSR count). The van der Waals surface area contributed by atoms with E-state index < -0.39 is 0 Å². The van der Waals surface area contributed by atoms with E-state index in [-0.39, 0.29) is 0 Å². The van der Waals surface area contributed by atoms with Gasteiger partial charge in [0.2, 0.25) is 0 Å². The Morgan fingerprint density at radius 1 is 0.447 bits per heavy atom. The topological polar surface area (TPSA) is 16.4 Å². The summed E-state index contributed by atoms with van der Waals surface area (Å²) < 4.78 is 9.29. The molecule has 0 unspecified atom stereocenters. The lowest BCUT2D eigenvalue weighted by molar-refractivity contribution is 0.672. The molecule has 0 saturated heterocycles. The highest BCUT2D eigenvalue weighted by atomic mass is 32.1. The molecule has 0 radical (unpaired) electrons. The van der Waals surface area contributed by atoms with E-state index in [0.29, 0.717) is 0 Å². The minimum atomic E-state index is 0.878. The van der Waals surface area contributed by atoms with Crippen molar-refractivity contribution in [1.82, 2.24) is 0 Å². The van der Waals surface area contributed by atoms with Gasteiger partial charge in [-0.25, -0.2) is 0 Å². The first-order valence-corrected chi connectivity index (χ1v) is 16.7. The van der Waals surface area contributed by atoms with Gasteiger partial charge in [0.25, 0.3) is 0 Å². The van der Waals surface area contributed by atoms with Crippen LogP contribution in [0.15, 0.2) is 168 Å². The van der Waals surface area contributed by atoms with Crippen molar-refractivity contribution in [3.63, 3.8) is 0 Å². The summed E-state index contributed by atoms with van der Waals surface area (Å²) >= 11 is 1.87. The molecular formula is C44H27NOS. The van der Waals surface area contributed by atoms with Crippen molar-refractivity contribution in [3.8, 4) is 11.1 Å². The molecule has 0 bridgehead atoms. The largest absolute Gasteiger partial charge is 0.455 e. The molecule has 0 aliphatic heterocycles. The summed E-state index contributed by atoms with van der Waals surface area (Å²) in [6.45, 7) is 0. The molecule has 8 aromatic carbocycles. The summed E-state index contributed by atoms with van der Waals surface area (Å²) in [5.41, 5.74) is 7.53. The van der Waals surface area contributed by atoms with Crippen LogP contribution in [0.1, 0.15) is 0 Å². The molecule has 0 aliphatic rings. The molecular weight excluding hydrogens is 591 g/mol. The van der Waals surface area contributed by atoms with Gasteiger partial charge in [0.05, 0.1) is 16.8 Å². The minimum absolute atomic E-state index is 0.878. The van der Waals surface area contributed by atoms with Crippen LogP contribution in [0.2, 0.25) is 0 Å². The maximum atomic E-state index is 6.68. The van der Waals surface area contributed by atoms with E-state index in [0.717, 1.165) is 44.4 Å². The molecule has 2 heterocycles. The second-order valence-electron chi connectivity index (χ2n) is 12.1. The van der Waals surface area contributed by atoms with Crippen molar-refractivity contribution in [2.45, 2.75) is 0 Å². The zero-order valence-corrected chi connectivity index (χ0v) is 26.2. The van der Waals surface area contributed by atoms with Gasteiger partial charge in [-0.1, -0.05) is 121 Å². The Hall–Kier alpha value is -5.90. The molecule has 0 saturated carbocycles. The molecule has 3 heteroatoms. The van der Waals surface area contributed by atoms with Gasteiger partial charge in [0.15, 0.2) is 0 Å². The van der Waals surface area contributed by atoms with Crippen molar-refractivity contribution in [1.29, 1.82) is 0 Å². The Morgan fingerprint density at radius 2 is 1.13 bits per heavy atom. The summed E-state index contributed by atoms with van der Waals surface area (Å²) in [6.07, 6.45) is 0. The van der Waals surface area contributed by atoms with Gasteiger partial charge >= 0.3 is 0 Å². The van der Waals surface area contributed by atoms with Gasteiger partial charge in [-0.15, -0.1) is 11.3 Å². The third-order valence-electron chi connectivity index (χ3n) is 9.44. The molecule has 0 aliphatic carbocycles. The predicted octanol–water partition coefficient (Wildman–Crippen LogP) is 13.4. The predicted molar refractivity (Wildman–Crippen MR) is 202 cm³/mol. The van der Waals surface area contributed by atoms with E-state index >= 15 is 0 Å². The Labute approximate surface area is 275 Å². The lowest BCUT2D eigenvalue weighted by Gasteiger charge is -2.29. The lowest BCUT2D eigenvalue weighted by Crippen LogP contribution is -2.11. The number of anilines is 3. The van der Waals surface area contributed by atoms with Crippen LogP contribution in [0.4, 0.5) is 17.1 Å². The van der Waals surface area contributed by atoms with E-state index in [1.54, 1.807) is 0 Å². The fourth-order valence-corrected chi connectivity index (χ4v) is 8.53. The maximum absolute atomic E-state index is 6.68. The Kier molecular flexibility index (Phi) is 5.78. The average molecular weight is 618 g/mol. The van der Waals surface area contributed by atoms with Crippen LogP contribution in [0.3, 0.4) is 0 Å². The summed E-state index contributed by atoms with van der Waals surface area (Å²) in [6, 6.07) is 59.0. The van der Waals surface area contributed by atoms with Crippen LogP contribution < -0.4 is 4.90 Å². The highest BCUT2D eigenvalue weighted by Crippen LogP contribution is 2.49. The summed E-state index contributed by atoms with van der Waals surface area (Å²) in [4.78, 5) is 2.43. The summed E-state index contributed by atoms with van der Waals surface area (Å²) in [5, 5.41) is 9.55. The highest BCUT2D eigenvalue weighted by Gasteiger charge is 2.23. The van der Waals surface area contributed by atoms with Gasteiger partial charge in [0.1, 0.15) is 11.2 Å². The monoisotopic (exact) mass is 617 g/mol. The molecule has 47 heavy (non-hydrogen) atoms. The van der Waals surface area contributed by atoms with Crippen LogP contribution in [-0.2, 0) is 0 Å². The second kappa shape index (κ2) is 10.3. The minimum Gasteiger partial charge on any atom is -0.455 e. The van der Waals surface area contributed by atoms with Crippen LogP contribution in [0, 0.1) is 0 Å². The number of nitrogens with zero attached hydrogens (tertiary/aromatic N) is 1. The molecule has 0 spiro atoms. The molecule has 0 amide bonds. The SMILES string of the molecule is c1ccc(N(c2ccc3ccccc3c2)c2cccc3oc4c5ccccc5ccc4c23)c(-c2cccc3c2sc2ccccc23)c1. The van der Waals surface area contributed by atoms with Crippen LogP contribution in [0.5, 0.6) is 0 Å². The number of thiophene rings is 1. The van der Waals surface area contributed by atoms with E-state index in [4.69, 9.17) is 4.42 Å². The number of benzene rings is 8. The first-order valence-electron chi connectivity index (χ1n) is 15.9. The Balaban J connectivity index is 1.30. The van der Waals surface area contributed by atoms with Gasteiger partial charge < -0.3 is 9.32 Å². The standard InChI is InChI=1S/C44H27NOS/c1-2-13-30-27-31(25-23-28(30)11-1)45(39-20-10-21-40-42(39)37-26-24-29-12-3-4-14-32(29)43(37)46-40)38-19-7-5-15-33(38)35-17-9-18-36-34-16-6-8-22-41(34)47-44(35)36/h1-27H. The molecule has 220 valence electrons. The Bertz CT molecular complexity index is 2820. The van der Waals surface area contributed by atoms with E-state index in [9.17, 15) is 0 Å². The second-order valence-corrected chi connectivity index (χ2v) is 13.1. The van der Waals surface area contributed by atoms with Crippen molar-refractivity contribution < 1.29 is 4.42 Å². The van der Waals surface area contributed by atoms with Crippen molar-refractivity contribution >= 4 is 92.1 Å². The number of para-hydroxylation sites is 1. The smallest absolute Gasteiger partial charge is 0.143 e. The first kappa shape index (κ1) is 26.3. The van der Waals surface area contributed by atoms with Crippen LogP contribution >= 0.6 is 11.3 Å². The van der Waals surface area contributed by atoms with Gasteiger partial charge in [-0.3, -0.25) is 0 Å². The van der Waals surface area contributed by atoms with Gasteiger partial charge in [-0.05, 0) is 58.6 Å². The quantitative estimate of drug-likeness (QED) is 0.195. The van der Waals surface area contributed by atoms with Crippen molar-refractivity contribution in [2.75, 3.05) is 4.90 Å². The van der Waals surface area contributed by atoms with E-state index in [1.165, 1.54) is 47.5 Å². The number of hydrogen-bond donors (Lipinski definition) is 0. The maximum Gasteiger partial charge on any atom is 0.143 e. The van der Waals surface area contributed by atoms with Gasteiger partial charge in [0, 0.05) is 47.8 Å². The molecule has 2 nitrogen and oxygen atoms in total. The fraction of sp³-hybridized carbons (Fsp3) is 0. The number of rotatable bonds is 4. The van der Waals surface area contributed by atoms with E-state index in [1.807, 2.05) is 11.3 Å². The normalized spacial score (nSPS) is 11.8. The molecule has 2 aromatic heterocycles. The zero-order valence-electron chi connectivity index (χ0n) is 25.4. The fourth-order valence-electron chi connectivity index (χ4n) is 7.30.